The Labute approximate surface area is 157 Å². The molecule has 6 heteroatoms. The van der Waals surface area contributed by atoms with E-state index in [1.807, 2.05) is 68.3 Å². The second-order valence-electron chi connectivity index (χ2n) is 6.87. The molecule has 0 fully saturated rings. The van der Waals surface area contributed by atoms with E-state index < -0.39 is 10.0 Å². The smallest absolute Gasteiger partial charge is 0.211 e. The number of anilines is 1. The summed E-state index contributed by atoms with van der Waals surface area (Å²) >= 11 is 0. The first kappa shape index (κ1) is 20.4. The first-order valence-corrected chi connectivity index (χ1v) is 10.4. The highest BCUT2D eigenvalue weighted by atomic mass is 32.2. The van der Waals surface area contributed by atoms with Crippen LogP contribution in [0.1, 0.15) is 17.2 Å². The van der Waals surface area contributed by atoms with Gasteiger partial charge in [-0.3, -0.25) is 0 Å². The van der Waals surface area contributed by atoms with Crippen LogP contribution >= 0.6 is 0 Å². The summed E-state index contributed by atoms with van der Waals surface area (Å²) < 4.78 is 27.5. The van der Waals surface area contributed by atoms with Crippen molar-refractivity contribution in [2.75, 3.05) is 45.4 Å². The van der Waals surface area contributed by atoms with Crippen molar-refractivity contribution in [2.45, 2.75) is 12.5 Å². The maximum atomic E-state index is 12.4. The number of rotatable bonds is 9. The Morgan fingerprint density at radius 3 is 2.08 bits per heavy atom. The van der Waals surface area contributed by atoms with Gasteiger partial charge in [-0.25, -0.2) is 13.1 Å². The van der Waals surface area contributed by atoms with E-state index in [4.69, 9.17) is 0 Å². The van der Waals surface area contributed by atoms with Gasteiger partial charge in [0.2, 0.25) is 10.0 Å². The Morgan fingerprint density at radius 2 is 1.54 bits per heavy atom. The minimum Gasteiger partial charge on any atom is -0.378 e. The summed E-state index contributed by atoms with van der Waals surface area (Å²) in [5.74, 6) is 0.0940. The van der Waals surface area contributed by atoms with E-state index in [-0.39, 0.29) is 11.8 Å². The number of benzene rings is 2. The molecule has 1 atom stereocenters. The second-order valence-corrected chi connectivity index (χ2v) is 8.79. The van der Waals surface area contributed by atoms with Gasteiger partial charge < -0.3 is 9.80 Å². The summed E-state index contributed by atoms with van der Waals surface area (Å²) in [5, 5.41) is 0. The third kappa shape index (κ3) is 6.12. The molecule has 26 heavy (non-hydrogen) atoms. The fraction of sp³-hybridized carbons (Fsp3) is 0.400. The normalized spacial score (nSPS) is 13.0. The summed E-state index contributed by atoms with van der Waals surface area (Å²) in [4.78, 5) is 4.07. The third-order valence-corrected chi connectivity index (χ3v) is 5.76. The van der Waals surface area contributed by atoms with Crippen molar-refractivity contribution in [3.05, 3.63) is 65.7 Å². The molecule has 0 saturated carbocycles. The van der Waals surface area contributed by atoms with Crippen LogP contribution in [0.15, 0.2) is 54.6 Å². The molecule has 1 N–H and O–H groups in total. The molecule has 0 aliphatic rings. The first-order chi connectivity index (χ1) is 12.3. The minimum absolute atomic E-state index is 0.0160. The number of hydrogen-bond donors (Lipinski definition) is 1. The van der Waals surface area contributed by atoms with Crippen molar-refractivity contribution in [3.8, 4) is 0 Å². The lowest BCUT2D eigenvalue weighted by Crippen LogP contribution is -2.36. The van der Waals surface area contributed by atoms with Gasteiger partial charge in [0.1, 0.15) is 0 Å². The third-order valence-electron chi connectivity index (χ3n) is 4.42. The predicted octanol–water partition coefficient (Wildman–Crippen LogP) is 2.52. The maximum absolute atomic E-state index is 12.4. The van der Waals surface area contributed by atoms with Crippen molar-refractivity contribution in [3.63, 3.8) is 0 Å². The van der Waals surface area contributed by atoms with Crippen molar-refractivity contribution >= 4 is 15.7 Å². The van der Waals surface area contributed by atoms with Gasteiger partial charge in [0, 0.05) is 32.4 Å². The zero-order valence-corrected chi connectivity index (χ0v) is 16.8. The van der Waals surface area contributed by atoms with Gasteiger partial charge in [-0.15, -0.1) is 0 Å². The van der Waals surface area contributed by atoms with Crippen LogP contribution in [-0.4, -0.2) is 53.8 Å². The number of aryl methyl sites for hydroxylation is 1. The van der Waals surface area contributed by atoms with E-state index in [0.717, 1.165) is 16.8 Å². The summed E-state index contributed by atoms with van der Waals surface area (Å²) in [6.45, 7) is 0.353. The highest BCUT2D eigenvalue weighted by Crippen LogP contribution is 2.21. The van der Waals surface area contributed by atoms with Crippen LogP contribution in [0.25, 0.3) is 0 Å². The SMILES string of the molecule is CN(C)c1ccc(C(CNS(=O)(=O)CCc2ccccc2)N(C)C)cc1. The fourth-order valence-electron chi connectivity index (χ4n) is 2.77. The minimum atomic E-state index is -3.32. The van der Waals surface area contributed by atoms with Gasteiger partial charge in [0.15, 0.2) is 0 Å². The predicted molar refractivity (Wildman–Crippen MR) is 109 cm³/mol. The lowest BCUT2D eigenvalue weighted by atomic mass is 10.1. The molecule has 142 valence electrons. The quantitative estimate of drug-likeness (QED) is 0.732. The monoisotopic (exact) mass is 375 g/mol. The first-order valence-electron chi connectivity index (χ1n) is 8.73. The molecule has 0 aliphatic carbocycles. The van der Waals surface area contributed by atoms with E-state index in [1.54, 1.807) is 0 Å². The van der Waals surface area contributed by atoms with Crippen LogP contribution in [0.2, 0.25) is 0 Å². The van der Waals surface area contributed by atoms with Crippen molar-refractivity contribution in [2.24, 2.45) is 0 Å². The largest absolute Gasteiger partial charge is 0.378 e. The molecule has 0 radical (unpaired) electrons. The molecular formula is C20H29N3O2S. The summed E-state index contributed by atoms with van der Waals surface area (Å²) in [6, 6.07) is 17.9. The van der Waals surface area contributed by atoms with Gasteiger partial charge in [-0.1, -0.05) is 42.5 Å². The number of sulfonamides is 1. The molecular weight excluding hydrogens is 346 g/mol. The molecule has 0 aliphatic heterocycles. The van der Waals surface area contributed by atoms with Gasteiger partial charge in [-0.2, -0.15) is 0 Å². The lowest BCUT2D eigenvalue weighted by Gasteiger charge is -2.25. The average Bonchev–Trinajstić information content (AvgIpc) is 2.61. The van der Waals surface area contributed by atoms with Crippen LogP contribution < -0.4 is 9.62 Å². The molecule has 1 unspecified atom stereocenters. The van der Waals surface area contributed by atoms with E-state index in [9.17, 15) is 8.42 Å². The number of nitrogens with one attached hydrogen (secondary N) is 1. The van der Waals surface area contributed by atoms with Crippen LogP contribution in [-0.2, 0) is 16.4 Å². The number of nitrogens with zero attached hydrogens (tertiary/aromatic N) is 2. The van der Waals surface area contributed by atoms with Crippen LogP contribution in [0.3, 0.4) is 0 Å². The number of hydrogen-bond acceptors (Lipinski definition) is 4. The standard InChI is InChI=1S/C20H29N3O2S/c1-22(2)19-12-10-18(11-13-19)20(23(3)4)16-21-26(24,25)15-14-17-8-6-5-7-9-17/h5-13,20-21H,14-16H2,1-4H3. The molecule has 0 aromatic heterocycles. The molecule has 0 heterocycles. The molecule has 0 saturated heterocycles. The Hall–Kier alpha value is -1.89. The fourth-order valence-corrected chi connectivity index (χ4v) is 3.83. The number of likely N-dealkylation sites (N-methyl/N-ethyl adjacent to an activating group) is 1. The van der Waals surface area contributed by atoms with Gasteiger partial charge in [0.05, 0.1) is 5.75 Å². The van der Waals surface area contributed by atoms with Gasteiger partial charge >= 0.3 is 0 Å². The van der Waals surface area contributed by atoms with Crippen molar-refractivity contribution in [1.82, 2.24) is 9.62 Å². The van der Waals surface area contributed by atoms with Gasteiger partial charge in [0.25, 0.3) is 0 Å². The Morgan fingerprint density at radius 1 is 0.923 bits per heavy atom. The van der Waals surface area contributed by atoms with Crippen LogP contribution in [0.4, 0.5) is 5.69 Å². The van der Waals surface area contributed by atoms with Crippen LogP contribution in [0.5, 0.6) is 0 Å². The topological polar surface area (TPSA) is 52.7 Å². The van der Waals surface area contributed by atoms with E-state index >= 15 is 0 Å². The van der Waals surface area contributed by atoms with Gasteiger partial charge in [-0.05, 0) is 43.8 Å². The average molecular weight is 376 g/mol. The Balaban J connectivity index is 1.98. The Bertz CT molecular complexity index is 772. The van der Waals surface area contributed by atoms with E-state index in [0.29, 0.717) is 13.0 Å². The van der Waals surface area contributed by atoms with E-state index in [1.165, 1.54) is 0 Å². The molecule has 2 aromatic carbocycles. The second kappa shape index (κ2) is 9.16. The highest BCUT2D eigenvalue weighted by molar-refractivity contribution is 7.89. The van der Waals surface area contributed by atoms with Crippen molar-refractivity contribution < 1.29 is 8.42 Å². The molecule has 5 nitrogen and oxygen atoms in total. The van der Waals surface area contributed by atoms with E-state index in [2.05, 4.69) is 29.0 Å². The van der Waals surface area contributed by atoms with Crippen LogP contribution in [0, 0.1) is 0 Å². The zero-order valence-electron chi connectivity index (χ0n) is 16.0. The summed E-state index contributed by atoms with van der Waals surface area (Å²) in [6.07, 6.45) is 0.514. The highest BCUT2D eigenvalue weighted by Gasteiger charge is 2.18. The molecule has 0 bridgehead atoms. The molecule has 0 amide bonds. The maximum Gasteiger partial charge on any atom is 0.211 e. The lowest BCUT2D eigenvalue weighted by molar-refractivity contribution is 0.299. The molecule has 0 spiro atoms. The molecule has 2 aromatic rings. The Kier molecular flexibility index (Phi) is 7.20. The molecule has 2 rings (SSSR count). The summed E-state index contributed by atoms with van der Waals surface area (Å²) in [5.41, 5.74) is 3.24. The van der Waals surface area contributed by atoms with Crippen molar-refractivity contribution in [1.29, 1.82) is 0 Å². The zero-order chi connectivity index (χ0) is 19.2. The summed E-state index contributed by atoms with van der Waals surface area (Å²) in [7, 11) is 4.60.